The third-order valence-corrected chi connectivity index (χ3v) is 7.42. The Bertz CT molecular complexity index is 573. The van der Waals surface area contributed by atoms with Crippen LogP contribution in [0.3, 0.4) is 0 Å². The number of nitrogens with one attached hydrogen (secondary N) is 2. The second-order valence-corrected chi connectivity index (χ2v) is 9.70. The SMILES string of the molecule is CCNC(=NCC1(N2CCCC2)CCOCC1)NC1CCS(=O)(=O)C1.I. The Morgan fingerprint density at radius 3 is 2.54 bits per heavy atom. The van der Waals surface area contributed by atoms with Crippen LogP contribution in [0.5, 0.6) is 0 Å². The molecule has 0 aliphatic carbocycles. The number of hydrogen-bond acceptors (Lipinski definition) is 5. The van der Waals surface area contributed by atoms with Crippen LogP contribution in [-0.4, -0.2) is 81.8 Å². The van der Waals surface area contributed by atoms with E-state index in [0.29, 0.717) is 6.42 Å². The number of hydrogen-bond donors (Lipinski definition) is 2. The third-order valence-electron chi connectivity index (χ3n) is 5.65. The molecule has 152 valence electrons. The van der Waals surface area contributed by atoms with Crippen molar-refractivity contribution in [3.05, 3.63) is 0 Å². The zero-order valence-corrected chi connectivity index (χ0v) is 18.9. The number of likely N-dealkylation sites (tertiary alicyclic amines) is 1. The van der Waals surface area contributed by atoms with Crippen molar-refractivity contribution in [2.75, 3.05) is 50.9 Å². The van der Waals surface area contributed by atoms with E-state index in [0.717, 1.165) is 58.2 Å². The van der Waals surface area contributed by atoms with Crippen molar-refractivity contribution in [3.8, 4) is 0 Å². The van der Waals surface area contributed by atoms with Crippen LogP contribution in [0.15, 0.2) is 4.99 Å². The average molecular weight is 500 g/mol. The van der Waals surface area contributed by atoms with Crippen molar-refractivity contribution in [2.45, 2.75) is 50.6 Å². The molecule has 2 N–H and O–H groups in total. The number of sulfone groups is 1. The zero-order valence-electron chi connectivity index (χ0n) is 15.7. The van der Waals surface area contributed by atoms with Gasteiger partial charge in [0.2, 0.25) is 0 Å². The first-order chi connectivity index (χ1) is 12.0. The summed E-state index contributed by atoms with van der Waals surface area (Å²) >= 11 is 0. The number of halogens is 1. The first-order valence-electron chi connectivity index (χ1n) is 9.61. The van der Waals surface area contributed by atoms with Gasteiger partial charge in [-0.05, 0) is 52.1 Å². The molecule has 26 heavy (non-hydrogen) atoms. The van der Waals surface area contributed by atoms with E-state index in [1.165, 1.54) is 12.8 Å². The highest BCUT2D eigenvalue weighted by molar-refractivity contribution is 14.0. The lowest BCUT2D eigenvalue weighted by Gasteiger charge is -2.43. The summed E-state index contributed by atoms with van der Waals surface area (Å²) < 4.78 is 29.0. The highest BCUT2D eigenvalue weighted by atomic mass is 127. The molecule has 0 aromatic rings. The maximum absolute atomic E-state index is 11.7. The van der Waals surface area contributed by atoms with Crippen LogP contribution in [0, 0.1) is 0 Å². The number of aliphatic imine (C=N–C) groups is 1. The van der Waals surface area contributed by atoms with Crippen molar-refractivity contribution in [1.82, 2.24) is 15.5 Å². The van der Waals surface area contributed by atoms with Gasteiger partial charge in [-0.15, -0.1) is 24.0 Å². The molecule has 3 fully saturated rings. The summed E-state index contributed by atoms with van der Waals surface area (Å²) in [6, 6.07) is -0.0276. The van der Waals surface area contributed by atoms with Gasteiger partial charge in [-0.2, -0.15) is 0 Å². The lowest BCUT2D eigenvalue weighted by molar-refractivity contribution is -0.0139. The minimum atomic E-state index is -2.89. The van der Waals surface area contributed by atoms with Gasteiger partial charge < -0.3 is 15.4 Å². The monoisotopic (exact) mass is 500 g/mol. The van der Waals surface area contributed by atoms with Crippen LogP contribution in [-0.2, 0) is 14.6 Å². The molecule has 3 heterocycles. The molecule has 3 rings (SSSR count). The molecule has 0 amide bonds. The Labute approximate surface area is 174 Å². The van der Waals surface area contributed by atoms with Gasteiger partial charge in [-0.1, -0.05) is 0 Å². The van der Waals surface area contributed by atoms with E-state index in [2.05, 4.69) is 15.5 Å². The summed E-state index contributed by atoms with van der Waals surface area (Å²) in [6.45, 7) is 7.46. The van der Waals surface area contributed by atoms with Gasteiger partial charge in [0, 0.05) is 31.3 Å². The van der Waals surface area contributed by atoms with Gasteiger partial charge in [-0.3, -0.25) is 9.89 Å². The lowest BCUT2D eigenvalue weighted by atomic mass is 9.88. The maximum atomic E-state index is 11.7. The Balaban J connectivity index is 0.00000243. The maximum Gasteiger partial charge on any atom is 0.191 e. The van der Waals surface area contributed by atoms with Gasteiger partial charge in [0.1, 0.15) is 0 Å². The van der Waals surface area contributed by atoms with E-state index in [9.17, 15) is 8.42 Å². The molecule has 7 nitrogen and oxygen atoms in total. The van der Waals surface area contributed by atoms with Crippen LogP contribution >= 0.6 is 24.0 Å². The van der Waals surface area contributed by atoms with Crippen molar-refractivity contribution in [3.63, 3.8) is 0 Å². The predicted molar refractivity (Wildman–Crippen MR) is 115 cm³/mol. The minimum Gasteiger partial charge on any atom is -0.381 e. The normalized spacial score (nSPS) is 28.5. The molecule has 0 spiro atoms. The van der Waals surface area contributed by atoms with Crippen molar-refractivity contribution >= 4 is 39.8 Å². The number of guanidine groups is 1. The van der Waals surface area contributed by atoms with Crippen LogP contribution in [0.2, 0.25) is 0 Å². The minimum absolute atomic E-state index is 0. The number of ether oxygens (including phenoxy) is 1. The summed E-state index contributed by atoms with van der Waals surface area (Å²) in [5.74, 6) is 1.23. The Morgan fingerprint density at radius 1 is 1.27 bits per heavy atom. The molecule has 3 saturated heterocycles. The first-order valence-corrected chi connectivity index (χ1v) is 11.4. The summed E-state index contributed by atoms with van der Waals surface area (Å²) in [7, 11) is -2.89. The van der Waals surface area contributed by atoms with E-state index in [1.54, 1.807) is 0 Å². The van der Waals surface area contributed by atoms with E-state index in [4.69, 9.17) is 9.73 Å². The Morgan fingerprint density at radius 2 is 1.96 bits per heavy atom. The van der Waals surface area contributed by atoms with E-state index in [-0.39, 0.29) is 47.1 Å². The molecule has 0 aromatic carbocycles. The Kier molecular flexibility index (Phi) is 8.42. The smallest absolute Gasteiger partial charge is 0.191 e. The molecule has 0 aromatic heterocycles. The average Bonchev–Trinajstić information content (AvgIpc) is 3.24. The van der Waals surface area contributed by atoms with Crippen LogP contribution in [0.1, 0.15) is 39.0 Å². The molecule has 3 aliphatic rings. The largest absolute Gasteiger partial charge is 0.381 e. The van der Waals surface area contributed by atoms with Gasteiger partial charge in [0.25, 0.3) is 0 Å². The molecule has 0 bridgehead atoms. The molecular weight excluding hydrogens is 467 g/mol. The van der Waals surface area contributed by atoms with E-state index >= 15 is 0 Å². The molecule has 1 unspecified atom stereocenters. The molecule has 0 radical (unpaired) electrons. The van der Waals surface area contributed by atoms with E-state index < -0.39 is 9.84 Å². The topological polar surface area (TPSA) is 83.0 Å². The van der Waals surface area contributed by atoms with Crippen molar-refractivity contribution in [1.29, 1.82) is 0 Å². The summed E-state index contributed by atoms with van der Waals surface area (Å²) in [4.78, 5) is 7.47. The lowest BCUT2D eigenvalue weighted by Crippen LogP contribution is -2.54. The standard InChI is InChI=1S/C17H32N4O3S.HI/c1-2-18-16(20-15-5-12-25(22,23)13-15)19-14-17(6-10-24-11-7-17)21-8-3-4-9-21;/h15H,2-14H2,1H3,(H2,18,19,20);1H. The van der Waals surface area contributed by atoms with Crippen molar-refractivity contribution < 1.29 is 13.2 Å². The third kappa shape index (κ3) is 5.68. The Hall–Kier alpha value is -0.130. The first kappa shape index (κ1) is 22.2. The molecule has 9 heteroatoms. The fourth-order valence-corrected chi connectivity index (χ4v) is 5.84. The number of nitrogens with zero attached hydrogens (tertiary/aromatic N) is 2. The summed E-state index contributed by atoms with van der Waals surface area (Å²) in [5.41, 5.74) is 0.0961. The molecule has 0 saturated carbocycles. The van der Waals surface area contributed by atoms with Crippen LogP contribution < -0.4 is 10.6 Å². The fourth-order valence-electron chi connectivity index (χ4n) is 4.17. The quantitative estimate of drug-likeness (QED) is 0.333. The second kappa shape index (κ2) is 9.88. The molecular formula is C17H33IN4O3S. The molecule has 3 aliphatic heterocycles. The highest BCUT2D eigenvalue weighted by Crippen LogP contribution is 2.31. The van der Waals surface area contributed by atoms with Crippen LogP contribution in [0.25, 0.3) is 0 Å². The summed E-state index contributed by atoms with van der Waals surface area (Å²) in [5, 5.41) is 6.61. The van der Waals surface area contributed by atoms with Gasteiger partial charge in [0.05, 0.1) is 18.1 Å². The van der Waals surface area contributed by atoms with Gasteiger partial charge in [-0.25, -0.2) is 8.42 Å². The van der Waals surface area contributed by atoms with Crippen LogP contribution in [0.4, 0.5) is 0 Å². The fraction of sp³-hybridized carbons (Fsp3) is 0.941. The predicted octanol–water partition coefficient (Wildman–Crippen LogP) is 0.992. The summed E-state index contributed by atoms with van der Waals surface area (Å²) in [6.07, 6.45) is 5.24. The molecule has 1 atom stereocenters. The highest BCUT2D eigenvalue weighted by Gasteiger charge is 2.39. The number of rotatable bonds is 5. The van der Waals surface area contributed by atoms with Crippen molar-refractivity contribution in [2.24, 2.45) is 4.99 Å². The second-order valence-electron chi connectivity index (χ2n) is 7.47. The van der Waals surface area contributed by atoms with E-state index in [1.807, 2.05) is 6.92 Å². The van der Waals surface area contributed by atoms with Gasteiger partial charge in [0.15, 0.2) is 15.8 Å². The van der Waals surface area contributed by atoms with Gasteiger partial charge >= 0.3 is 0 Å². The zero-order chi connectivity index (χ0) is 17.8.